The Labute approximate surface area is 154 Å². The number of halogens is 1. The third-order valence-electron chi connectivity index (χ3n) is 4.78. The smallest absolute Gasteiger partial charge is 0.233 e. The van der Waals surface area contributed by atoms with Crippen LogP contribution in [-0.2, 0) is 4.79 Å². The number of amides is 1. The highest BCUT2D eigenvalue weighted by molar-refractivity contribution is 5.97. The fourth-order valence-corrected chi connectivity index (χ4v) is 3.53. The molecule has 0 radical (unpaired) electrons. The molecule has 0 bridgehead atoms. The van der Waals surface area contributed by atoms with Crippen molar-refractivity contribution in [2.75, 3.05) is 18.4 Å². The molecule has 4 rings (SSSR count). The summed E-state index contributed by atoms with van der Waals surface area (Å²) in [5.41, 5.74) is 10.5. The van der Waals surface area contributed by atoms with Gasteiger partial charge in [0.15, 0.2) is 0 Å². The number of anilines is 1. The number of hydrogen-bond donors (Lipinski definition) is 5. The monoisotopic (exact) mass is 373 g/mol. The number of nitrogens with zero attached hydrogens (tertiary/aromatic N) is 3. The van der Waals surface area contributed by atoms with Crippen LogP contribution < -0.4 is 21.8 Å². The summed E-state index contributed by atoms with van der Waals surface area (Å²) in [5, 5.41) is 17.5. The molecule has 0 spiro atoms. The Hall–Kier alpha value is -2.66. The summed E-state index contributed by atoms with van der Waals surface area (Å²) >= 11 is 0. The fraction of sp³-hybridized carbons (Fsp3) is 0.353. The zero-order valence-corrected chi connectivity index (χ0v) is 14.3. The highest BCUT2D eigenvalue weighted by atomic mass is 19.1. The minimum atomic E-state index is -1.03. The van der Waals surface area contributed by atoms with E-state index in [-0.39, 0.29) is 24.9 Å². The molecule has 142 valence electrons. The first-order chi connectivity index (χ1) is 13.0. The number of fused-ring (bicyclic) bond motifs is 1. The second-order valence-electron chi connectivity index (χ2n) is 6.57. The quantitative estimate of drug-likeness (QED) is 0.499. The van der Waals surface area contributed by atoms with Crippen LogP contribution in [0.1, 0.15) is 0 Å². The number of hydrazine groups is 1. The van der Waals surface area contributed by atoms with E-state index in [9.17, 15) is 14.3 Å². The van der Waals surface area contributed by atoms with Crippen molar-refractivity contribution in [2.24, 2.45) is 11.7 Å². The van der Waals surface area contributed by atoms with E-state index in [1.807, 2.05) is 0 Å². The Morgan fingerprint density at radius 1 is 1.37 bits per heavy atom. The topological polar surface area (TPSA) is 128 Å². The molecule has 0 aliphatic carbocycles. The molecule has 2 fully saturated rings. The van der Waals surface area contributed by atoms with Crippen LogP contribution in [0.25, 0.3) is 11.1 Å². The molecular weight excluding hydrogens is 353 g/mol. The Kier molecular flexibility index (Phi) is 4.70. The zero-order chi connectivity index (χ0) is 19.0. The first-order valence-electron chi connectivity index (χ1n) is 8.59. The van der Waals surface area contributed by atoms with Crippen LogP contribution in [0.3, 0.4) is 0 Å². The molecule has 4 unspecified atom stereocenters. The summed E-state index contributed by atoms with van der Waals surface area (Å²) < 4.78 is 13.6. The van der Waals surface area contributed by atoms with Crippen LogP contribution in [0.5, 0.6) is 5.88 Å². The van der Waals surface area contributed by atoms with Crippen molar-refractivity contribution in [3.63, 3.8) is 0 Å². The van der Waals surface area contributed by atoms with Gasteiger partial charge in [0.05, 0.1) is 30.1 Å². The molecule has 2 aromatic rings. The Morgan fingerprint density at radius 2 is 2.22 bits per heavy atom. The van der Waals surface area contributed by atoms with E-state index in [0.29, 0.717) is 16.8 Å². The molecule has 0 saturated carbocycles. The number of nitrogens with two attached hydrogens (primary N) is 1. The van der Waals surface area contributed by atoms with Gasteiger partial charge in [-0.15, -0.1) is 0 Å². The summed E-state index contributed by atoms with van der Waals surface area (Å²) in [6.45, 7) is 0.331. The lowest BCUT2D eigenvalue weighted by atomic mass is 10.0. The number of hydrogen-bond acceptors (Lipinski definition) is 8. The molecule has 10 heteroatoms. The molecule has 2 saturated heterocycles. The highest BCUT2D eigenvalue weighted by Crippen LogP contribution is 2.33. The molecule has 1 amide bonds. The van der Waals surface area contributed by atoms with E-state index in [1.54, 1.807) is 29.4 Å². The Balaban J connectivity index is 1.58. The number of rotatable bonds is 3. The van der Waals surface area contributed by atoms with Crippen molar-refractivity contribution in [3.05, 3.63) is 36.8 Å². The molecule has 2 aromatic heterocycles. The van der Waals surface area contributed by atoms with E-state index in [1.165, 1.54) is 12.4 Å². The maximum atomic E-state index is 13.6. The maximum absolute atomic E-state index is 13.6. The van der Waals surface area contributed by atoms with Gasteiger partial charge in [-0.05, 0) is 18.2 Å². The average Bonchev–Trinajstić information content (AvgIpc) is 2.97. The van der Waals surface area contributed by atoms with Crippen LogP contribution >= 0.6 is 0 Å². The van der Waals surface area contributed by atoms with Crippen molar-refractivity contribution < 1.29 is 14.3 Å². The summed E-state index contributed by atoms with van der Waals surface area (Å²) in [5.74, 6) is -1.11. The Morgan fingerprint density at radius 3 is 3.04 bits per heavy atom. The van der Waals surface area contributed by atoms with Crippen molar-refractivity contribution in [1.29, 1.82) is 0 Å². The SMILES string of the molecule is NC1NN2CC(F)CNC2C1C(=O)Nc1cnccc1-c1cccnc1O. The molecule has 27 heavy (non-hydrogen) atoms. The first kappa shape index (κ1) is 17.7. The van der Waals surface area contributed by atoms with Crippen molar-refractivity contribution in [2.45, 2.75) is 18.5 Å². The summed E-state index contributed by atoms with van der Waals surface area (Å²) in [6.07, 6.45) is 2.45. The van der Waals surface area contributed by atoms with Gasteiger partial charge >= 0.3 is 0 Å². The lowest BCUT2D eigenvalue weighted by Gasteiger charge is -2.33. The Bertz CT molecular complexity index is 852. The molecule has 2 aliphatic rings. The second-order valence-corrected chi connectivity index (χ2v) is 6.57. The van der Waals surface area contributed by atoms with Gasteiger partial charge in [0.1, 0.15) is 6.17 Å². The number of aromatic nitrogens is 2. The van der Waals surface area contributed by atoms with Gasteiger partial charge in [0.2, 0.25) is 11.8 Å². The van der Waals surface area contributed by atoms with E-state index in [0.717, 1.165) is 0 Å². The first-order valence-corrected chi connectivity index (χ1v) is 8.59. The average molecular weight is 373 g/mol. The minimum Gasteiger partial charge on any atom is -0.493 e. The standard InChI is InChI=1S/C17H20FN7O2/c18-9-6-22-15-13(14(19)24-25(15)8-9)17(27)23-12-7-20-5-3-10(12)11-2-1-4-21-16(11)26/h1-5,7,9,13-15,22,24H,6,8,19H2,(H,21,26)(H,23,27). The number of aromatic hydroxyl groups is 1. The number of nitrogens with one attached hydrogen (secondary N) is 3. The predicted octanol–water partition coefficient (Wildman–Crippen LogP) is -0.224. The van der Waals surface area contributed by atoms with E-state index >= 15 is 0 Å². The largest absolute Gasteiger partial charge is 0.493 e. The van der Waals surface area contributed by atoms with Gasteiger partial charge in [-0.3, -0.25) is 15.1 Å². The van der Waals surface area contributed by atoms with Gasteiger partial charge in [-0.2, -0.15) is 0 Å². The number of carbonyl (C=O) groups is 1. The number of pyridine rings is 2. The predicted molar refractivity (Wildman–Crippen MR) is 95.8 cm³/mol. The van der Waals surface area contributed by atoms with Gasteiger partial charge < -0.3 is 16.2 Å². The molecule has 4 atom stereocenters. The minimum absolute atomic E-state index is 0.146. The molecule has 0 aromatic carbocycles. The molecule has 2 aliphatic heterocycles. The summed E-state index contributed by atoms with van der Waals surface area (Å²) in [4.78, 5) is 20.9. The highest BCUT2D eigenvalue weighted by Gasteiger charge is 2.47. The van der Waals surface area contributed by atoms with Crippen LogP contribution in [-0.4, -0.2) is 57.6 Å². The van der Waals surface area contributed by atoms with Crippen molar-refractivity contribution >= 4 is 11.6 Å². The van der Waals surface area contributed by atoms with Gasteiger partial charge in [-0.25, -0.2) is 19.8 Å². The fourth-order valence-electron chi connectivity index (χ4n) is 3.53. The third kappa shape index (κ3) is 3.35. The van der Waals surface area contributed by atoms with Gasteiger partial charge in [0, 0.05) is 36.6 Å². The van der Waals surface area contributed by atoms with E-state index in [2.05, 4.69) is 26.0 Å². The molecule has 6 N–H and O–H groups in total. The summed E-state index contributed by atoms with van der Waals surface area (Å²) in [6, 6.07) is 5.06. The van der Waals surface area contributed by atoms with Crippen molar-refractivity contribution in [3.8, 4) is 17.0 Å². The maximum Gasteiger partial charge on any atom is 0.233 e. The zero-order valence-electron chi connectivity index (χ0n) is 14.3. The molecular formula is C17H20FN7O2. The third-order valence-corrected chi connectivity index (χ3v) is 4.78. The van der Waals surface area contributed by atoms with Crippen LogP contribution in [0.2, 0.25) is 0 Å². The molecule has 9 nitrogen and oxygen atoms in total. The summed E-state index contributed by atoms with van der Waals surface area (Å²) in [7, 11) is 0. The van der Waals surface area contributed by atoms with Crippen molar-refractivity contribution in [1.82, 2.24) is 25.7 Å². The number of carbonyl (C=O) groups excluding carboxylic acids is 1. The number of alkyl halides is 1. The lowest BCUT2D eigenvalue weighted by Crippen LogP contribution is -2.58. The van der Waals surface area contributed by atoms with Crippen LogP contribution in [0.15, 0.2) is 36.8 Å². The normalized spacial score (nSPS) is 27.9. The molecule has 4 heterocycles. The van der Waals surface area contributed by atoms with Crippen LogP contribution in [0.4, 0.5) is 10.1 Å². The van der Waals surface area contributed by atoms with Gasteiger partial charge in [-0.1, -0.05) is 0 Å². The van der Waals surface area contributed by atoms with Crippen LogP contribution in [0, 0.1) is 5.92 Å². The van der Waals surface area contributed by atoms with E-state index < -0.39 is 24.4 Å². The second kappa shape index (κ2) is 7.16. The van der Waals surface area contributed by atoms with Gasteiger partial charge in [0.25, 0.3) is 0 Å². The van der Waals surface area contributed by atoms with E-state index in [4.69, 9.17) is 5.73 Å². The lowest BCUT2D eigenvalue weighted by molar-refractivity contribution is -0.121.